The first-order valence-corrected chi connectivity index (χ1v) is 4.84. The SMILES string of the molecule is CN(C)OC(=O)c1ccccc1ON(C)C. The molecule has 0 aliphatic heterocycles. The van der Waals surface area contributed by atoms with Crippen LogP contribution in [0.2, 0.25) is 0 Å². The Morgan fingerprint density at radius 1 is 1.06 bits per heavy atom. The van der Waals surface area contributed by atoms with E-state index in [0.717, 1.165) is 0 Å². The molecule has 0 saturated carbocycles. The minimum Gasteiger partial charge on any atom is -0.406 e. The number of rotatable bonds is 4. The second-order valence-electron chi connectivity index (χ2n) is 3.59. The number of hydrogen-bond acceptors (Lipinski definition) is 5. The molecular formula is C11H16N2O3. The quantitative estimate of drug-likeness (QED) is 0.718. The molecule has 0 aliphatic rings. The lowest BCUT2D eigenvalue weighted by Crippen LogP contribution is -2.21. The monoisotopic (exact) mass is 224 g/mol. The summed E-state index contributed by atoms with van der Waals surface area (Å²) in [6.45, 7) is 0. The second-order valence-corrected chi connectivity index (χ2v) is 3.59. The molecule has 0 bridgehead atoms. The van der Waals surface area contributed by atoms with Crippen molar-refractivity contribution in [1.29, 1.82) is 0 Å². The predicted molar refractivity (Wildman–Crippen MR) is 59.9 cm³/mol. The third-order valence-electron chi connectivity index (χ3n) is 1.65. The van der Waals surface area contributed by atoms with Gasteiger partial charge in [-0.15, -0.1) is 5.06 Å². The molecule has 5 nitrogen and oxygen atoms in total. The number of benzene rings is 1. The first-order chi connectivity index (χ1) is 7.50. The van der Waals surface area contributed by atoms with Crippen molar-refractivity contribution in [1.82, 2.24) is 10.1 Å². The van der Waals surface area contributed by atoms with E-state index in [9.17, 15) is 4.79 Å². The van der Waals surface area contributed by atoms with Crippen LogP contribution in [0.5, 0.6) is 5.75 Å². The van der Waals surface area contributed by atoms with E-state index in [2.05, 4.69) is 0 Å². The van der Waals surface area contributed by atoms with Crippen molar-refractivity contribution in [2.45, 2.75) is 0 Å². The zero-order valence-electron chi connectivity index (χ0n) is 9.93. The topological polar surface area (TPSA) is 42.0 Å². The summed E-state index contributed by atoms with van der Waals surface area (Å²) in [7, 11) is 6.78. The van der Waals surface area contributed by atoms with Gasteiger partial charge in [-0.3, -0.25) is 0 Å². The summed E-state index contributed by atoms with van der Waals surface area (Å²) in [6, 6.07) is 6.93. The highest BCUT2D eigenvalue weighted by Crippen LogP contribution is 2.19. The summed E-state index contributed by atoms with van der Waals surface area (Å²) in [4.78, 5) is 22.0. The molecule has 0 aliphatic carbocycles. The first-order valence-electron chi connectivity index (χ1n) is 4.84. The van der Waals surface area contributed by atoms with Crippen LogP contribution in [0.25, 0.3) is 0 Å². The van der Waals surface area contributed by atoms with Crippen molar-refractivity contribution in [2.24, 2.45) is 0 Å². The van der Waals surface area contributed by atoms with Gasteiger partial charge in [-0.1, -0.05) is 12.1 Å². The number of hydroxylamine groups is 4. The van der Waals surface area contributed by atoms with Gasteiger partial charge in [0.05, 0.1) is 0 Å². The lowest BCUT2D eigenvalue weighted by atomic mass is 10.2. The van der Waals surface area contributed by atoms with Gasteiger partial charge in [-0.05, 0) is 12.1 Å². The standard InChI is InChI=1S/C11H16N2O3/c1-12(2)15-10-8-6-5-7-9(10)11(14)16-13(3)4/h5-8H,1-4H3. The number of carbonyl (C=O) groups is 1. The molecule has 16 heavy (non-hydrogen) atoms. The molecule has 0 spiro atoms. The minimum atomic E-state index is -0.442. The van der Waals surface area contributed by atoms with Gasteiger partial charge in [-0.2, -0.15) is 5.06 Å². The molecule has 1 aromatic carbocycles. The lowest BCUT2D eigenvalue weighted by molar-refractivity contribution is -0.0725. The number of hydrogen-bond donors (Lipinski definition) is 0. The Kier molecular flexibility index (Phi) is 4.28. The van der Waals surface area contributed by atoms with Gasteiger partial charge < -0.3 is 9.68 Å². The van der Waals surface area contributed by atoms with Crippen LogP contribution >= 0.6 is 0 Å². The molecule has 0 atom stereocenters. The van der Waals surface area contributed by atoms with E-state index in [0.29, 0.717) is 11.3 Å². The van der Waals surface area contributed by atoms with E-state index in [-0.39, 0.29) is 0 Å². The normalized spacial score (nSPS) is 10.6. The molecule has 0 heterocycles. The van der Waals surface area contributed by atoms with Crippen LogP contribution < -0.4 is 4.84 Å². The van der Waals surface area contributed by atoms with Gasteiger partial charge in [0, 0.05) is 28.2 Å². The maximum Gasteiger partial charge on any atom is 0.360 e. The fourth-order valence-electron chi connectivity index (χ4n) is 1.13. The van der Waals surface area contributed by atoms with E-state index in [4.69, 9.17) is 9.68 Å². The van der Waals surface area contributed by atoms with Crippen molar-refractivity contribution < 1.29 is 14.5 Å². The smallest absolute Gasteiger partial charge is 0.360 e. The fourth-order valence-corrected chi connectivity index (χ4v) is 1.13. The second kappa shape index (κ2) is 5.48. The molecule has 5 heteroatoms. The molecule has 0 amide bonds. The molecule has 0 N–H and O–H groups in total. The van der Waals surface area contributed by atoms with Crippen LogP contribution in [-0.2, 0) is 4.84 Å². The van der Waals surface area contributed by atoms with Gasteiger partial charge in [0.2, 0.25) is 0 Å². The third kappa shape index (κ3) is 3.52. The van der Waals surface area contributed by atoms with Gasteiger partial charge in [0.1, 0.15) is 5.56 Å². The molecule has 0 fully saturated rings. The summed E-state index contributed by atoms with van der Waals surface area (Å²) >= 11 is 0. The summed E-state index contributed by atoms with van der Waals surface area (Å²) in [6.07, 6.45) is 0. The van der Waals surface area contributed by atoms with Crippen molar-refractivity contribution in [2.75, 3.05) is 28.2 Å². The molecule has 0 radical (unpaired) electrons. The number of para-hydroxylation sites is 1. The summed E-state index contributed by atoms with van der Waals surface area (Å²) in [5.74, 6) is 0.0294. The third-order valence-corrected chi connectivity index (χ3v) is 1.65. The van der Waals surface area contributed by atoms with Crippen LogP contribution in [0, 0.1) is 0 Å². The average molecular weight is 224 g/mol. The Bertz CT molecular complexity index is 364. The van der Waals surface area contributed by atoms with Crippen molar-refractivity contribution in [3.05, 3.63) is 29.8 Å². The van der Waals surface area contributed by atoms with Gasteiger partial charge in [-0.25, -0.2) is 4.79 Å². The molecule has 0 unspecified atom stereocenters. The molecule has 1 aromatic rings. The van der Waals surface area contributed by atoms with Crippen LogP contribution in [0.1, 0.15) is 10.4 Å². The minimum absolute atomic E-state index is 0.393. The Morgan fingerprint density at radius 3 is 2.25 bits per heavy atom. The van der Waals surface area contributed by atoms with Crippen molar-refractivity contribution in [3.8, 4) is 5.75 Å². The van der Waals surface area contributed by atoms with Crippen LogP contribution in [0.15, 0.2) is 24.3 Å². The van der Waals surface area contributed by atoms with Gasteiger partial charge in [0.15, 0.2) is 5.75 Å². The highest BCUT2D eigenvalue weighted by atomic mass is 16.7. The Labute approximate surface area is 95.1 Å². The maximum atomic E-state index is 11.7. The first kappa shape index (κ1) is 12.5. The fraction of sp³-hybridized carbons (Fsp3) is 0.364. The lowest BCUT2D eigenvalue weighted by Gasteiger charge is -2.15. The van der Waals surface area contributed by atoms with E-state index >= 15 is 0 Å². The molecule has 0 saturated heterocycles. The van der Waals surface area contributed by atoms with Crippen molar-refractivity contribution in [3.63, 3.8) is 0 Å². The van der Waals surface area contributed by atoms with Gasteiger partial charge in [0.25, 0.3) is 0 Å². The zero-order chi connectivity index (χ0) is 12.1. The Hall–Kier alpha value is -1.59. The van der Waals surface area contributed by atoms with Crippen LogP contribution in [0.3, 0.4) is 0 Å². The summed E-state index contributed by atoms with van der Waals surface area (Å²) in [5.41, 5.74) is 0.393. The Balaban J connectivity index is 2.89. The highest BCUT2D eigenvalue weighted by Gasteiger charge is 2.15. The maximum absolute atomic E-state index is 11.7. The van der Waals surface area contributed by atoms with Gasteiger partial charge >= 0.3 is 5.97 Å². The largest absolute Gasteiger partial charge is 0.406 e. The van der Waals surface area contributed by atoms with Crippen LogP contribution in [0.4, 0.5) is 0 Å². The molecular weight excluding hydrogens is 208 g/mol. The highest BCUT2D eigenvalue weighted by molar-refractivity contribution is 5.92. The molecule has 0 aromatic heterocycles. The summed E-state index contributed by atoms with van der Waals surface area (Å²) in [5, 5.41) is 2.86. The summed E-state index contributed by atoms with van der Waals surface area (Å²) < 4.78 is 0. The zero-order valence-corrected chi connectivity index (χ0v) is 9.93. The van der Waals surface area contributed by atoms with E-state index in [1.807, 2.05) is 0 Å². The van der Waals surface area contributed by atoms with Crippen molar-refractivity contribution >= 4 is 5.97 Å². The van der Waals surface area contributed by atoms with E-state index in [1.165, 1.54) is 10.1 Å². The van der Waals surface area contributed by atoms with E-state index < -0.39 is 5.97 Å². The predicted octanol–water partition coefficient (Wildman–Crippen LogP) is 1.18. The number of nitrogens with zero attached hydrogens (tertiary/aromatic N) is 2. The van der Waals surface area contributed by atoms with E-state index in [1.54, 1.807) is 52.5 Å². The number of carbonyl (C=O) groups excluding carboxylic acids is 1. The molecule has 1 rings (SSSR count). The average Bonchev–Trinajstić information content (AvgIpc) is 2.16. The Morgan fingerprint density at radius 2 is 1.69 bits per heavy atom. The molecule has 88 valence electrons. The van der Waals surface area contributed by atoms with Crippen LogP contribution in [-0.4, -0.2) is 44.3 Å².